The molecule has 2 heterocycles. The molecule has 34 heavy (non-hydrogen) atoms. The Balaban J connectivity index is 1.23. The number of para-hydroxylation sites is 1. The van der Waals surface area contributed by atoms with Crippen molar-refractivity contribution >= 4 is 17.6 Å². The van der Waals surface area contributed by atoms with Gasteiger partial charge in [0, 0.05) is 38.4 Å². The molecule has 2 saturated heterocycles. The second kappa shape index (κ2) is 9.69. The molecule has 174 valence electrons. The fourth-order valence-corrected chi connectivity index (χ4v) is 5.03. The molecule has 0 radical (unpaired) electrons. The molecule has 2 fully saturated rings. The molecule has 0 atom stereocenters. The highest BCUT2D eigenvalue weighted by Crippen LogP contribution is 2.36. The van der Waals surface area contributed by atoms with E-state index in [4.69, 9.17) is 0 Å². The Labute approximate surface area is 200 Å². The van der Waals surface area contributed by atoms with Gasteiger partial charge in [-0.2, -0.15) is 0 Å². The lowest BCUT2D eigenvalue weighted by atomic mass is 9.82. The molecule has 6 nitrogen and oxygen atoms in total. The van der Waals surface area contributed by atoms with E-state index in [2.05, 4.69) is 39.4 Å². The third-order valence-corrected chi connectivity index (χ3v) is 6.87. The number of urea groups is 1. The van der Waals surface area contributed by atoms with E-state index in [9.17, 15) is 9.59 Å². The minimum Gasteiger partial charge on any atom is -0.369 e. The van der Waals surface area contributed by atoms with Gasteiger partial charge < -0.3 is 10.2 Å². The molecular weight excluding hydrogens is 424 g/mol. The molecule has 0 bridgehead atoms. The predicted molar refractivity (Wildman–Crippen MR) is 134 cm³/mol. The Morgan fingerprint density at radius 1 is 0.676 bits per heavy atom. The van der Waals surface area contributed by atoms with Gasteiger partial charge in [-0.05, 0) is 36.2 Å². The summed E-state index contributed by atoms with van der Waals surface area (Å²) in [5.74, 6) is -0.205. The van der Waals surface area contributed by atoms with E-state index in [1.165, 1.54) is 10.6 Å². The third kappa shape index (κ3) is 4.17. The Hall–Kier alpha value is -3.64. The summed E-state index contributed by atoms with van der Waals surface area (Å²) in [5, 5.41) is 3.03. The molecule has 0 aliphatic carbocycles. The van der Waals surface area contributed by atoms with Crippen LogP contribution in [0.3, 0.4) is 0 Å². The number of nitrogens with zero attached hydrogens (tertiary/aromatic N) is 3. The zero-order valence-corrected chi connectivity index (χ0v) is 19.3. The van der Waals surface area contributed by atoms with Gasteiger partial charge in [-0.25, -0.2) is 4.79 Å². The quantitative estimate of drug-likeness (QED) is 0.553. The van der Waals surface area contributed by atoms with Gasteiger partial charge in [0.15, 0.2) is 5.54 Å². The number of hydrogen-bond acceptors (Lipinski definition) is 4. The fourth-order valence-electron chi connectivity index (χ4n) is 5.03. The molecule has 6 heteroatoms. The highest BCUT2D eigenvalue weighted by Gasteiger charge is 2.53. The lowest BCUT2D eigenvalue weighted by Crippen LogP contribution is -2.47. The summed E-state index contributed by atoms with van der Waals surface area (Å²) < 4.78 is 0. The topological polar surface area (TPSA) is 55.9 Å². The normalized spacial score (nSPS) is 18.2. The lowest BCUT2D eigenvalue weighted by molar-refractivity contribution is -0.130. The number of carbonyl (C=O) groups excluding carboxylic acids is 2. The average Bonchev–Trinajstić information content (AvgIpc) is 3.16. The van der Waals surface area contributed by atoms with Gasteiger partial charge in [0.25, 0.3) is 5.91 Å². The Kier molecular flexibility index (Phi) is 6.32. The second-order valence-electron chi connectivity index (χ2n) is 8.89. The maximum absolute atomic E-state index is 13.7. The SMILES string of the molecule is O=C1NC(c2ccccc2)(c2ccccc2)C(=O)N1CCCN1CCN(c2ccccc2)CC1. The first-order valence-electron chi connectivity index (χ1n) is 12.0. The summed E-state index contributed by atoms with van der Waals surface area (Å²) in [6, 6.07) is 29.2. The van der Waals surface area contributed by atoms with Crippen LogP contribution in [0.4, 0.5) is 10.5 Å². The minimum absolute atomic E-state index is 0.205. The molecule has 3 aromatic carbocycles. The van der Waals surface area contributed by atoms with Crippen LogP contribution in [0.15, 0.2) is 91.0 Å². The summed E-state index contributed by atoms with van der Waals surface area (Å²) >= 11 is 0. The zero-order valence-electron chi connectivity index (χ0n) is 19.3. The van der Waals surface area contributed by atoms with Gasteiger partial charge >= 0.3 is 6.03 Å². The predicted octanol–water partition coefficient (Wildman–Crippen LogP) is 3.69. The molecule has 0 aromatic heterocycles. The lowest BCUT2D eigenvalue weighted by Gasteiger charge is -2.36. The number of carbonyl (C=O) groups is 2. The smallest absolute Gasteiger partial charge is 0.325 e. The van der Waals surface area contributed by atoms with E-state index < -0.39 is 5.54 Å². The van der Waals surface area contributed by atoms with Gasteiger partial charge in [-0.15, -0.1) is 0 Å². The standard InChI is InChI=1S/C28H30N4O2/c33-26-28(23-11-4-1-5-12-23,24-13-6-2-7-14-24)29-27(34)32(26)18-10-17-30-19-21-31(22-20-30)25-15-8-3-9-16-25/h1-9,11-16H,10,17-22H2,(H,29,34). The van der Waals surface area contributed by atoms with Crippen LogP contribution in [0, 0.1) is 0 Å². The second-order valence-corrected chi connectivity index (χ2v) is 8.89. The fraction of sp³-hybridized carbons (Fsp3) is 0.286. The number of anilines is 1. The van der Waals surface area contributed by atoms with Crippen molar-refractivity contribution < 1.29 is 9.59 Å². The van der Waals surface area contributed by atoms with E-state index >= 15 is 0 Å². The monoisotopic (exact) mass is 454 g/mol. The minimum atomic E-state index is -1.18. The average molecular weight is 455 g/mol. The number of imide groups is 1. The summed E-state index contributed by atoms with van der Waals surface area (Å²) in [4.78, 5) is 33.0. The Bertz CT molecular complexity index is 1070. The van der Waals surface area contributed by atoms with Crippen LogP contribution in [-0.2, 0) is 10.3 Å². The first-order chi connectivity index (χ1) is 16.7. The molecule has 3 aromatic rings. The van der Waals surface area contributed by atoms with Crippen molar-refractivity contribution in [1.82, 2.24) is 15.1 Å². The number of piperazine rings is 1. The summed E-state index contributed by atoms with van der Waals surface area (Å²) in [6.07, 6.45) is 0.754. The van der Waals surface area contributed by atoms with E-state index in [0.29, 0.717) is 6.54 Å². The zero-order chi connectivity index (χ0) is 23.4. The van der Waals surface area contributed by atoms with Gasteiger partial charge in [-0.3, -0.25) is 14.6 Å². The van der Waals surface area contributed by atoms with Gasteiger partial charge in [0.2, 0.25) is 0 Å². The van der Waals surface area contributed by atoms with Crippen molar-refractivity contribution in [3.63, 3.8) is 0 Å². The highest BCUT2D eigenvalue weighted by atomic mass is 16.2. The third-order valence-electron chi connectivity index (χ3n) is 6.87. The maximum atomic E-state index is 13.7. The van der Waals surface area contributed by atoms with E-state index in [1.54, 1.807) is 0 Å². The van der Waals surface area contributed by atoms with Gasteiger partial charge in [0.05, 0.1) is 0 Å². The van der Waals surface area contributed by atoms with Crippen LogP contribution < -0.4 is 10.2 Å². The van der Waals surface area contributed by atoms with Crippen molar-refractivity contribution in [2.24, 2.45) is 0 Å². The summed E-state index contributed by atoms with van der Waals surface area (Å²) in [6.45, 7) is 5.20. The molecule has 2 aliphatic heterocycles. The van der Waals surface area contributed by atoms with E-state index in [0.717, 1.165) is 50.3 Å². The van der Waals surface area contributed by atoms with E-state index in [1.807, 2.05) is 66.7 Å². The van der Waals surface area contributed by atoms with Crippen molar-refractivity contribution in [3.8, 4) is 0 Å². The number of nitrogens with one attached hydrogen (secondary N) is 1. The van der Waals surface area contributed by atoms with Crippen LogP contribution in [0.2, 0.25) is 0 Å². The number of hydrogen-bond donors (Lipinski definition) is 1. The first kappa shape index (κ1) is 22.2. The molecule has 0 unspecified atom stereocenters. The Morgan fingerprint density at radius 3 is 1.76 bits per heavy atom. The van der Waals surface area contributed by atoms with Crippen LogP contribution in [0.25, 0.3) is 0 Å². The number of amides is 3. The van der Waals surface area contributed by atoms with Crippen LogP contribution in [0.1, 0.15) is 17.5 Å². The van der Waals surface area contributed by atoms with Crippen LogP contribution in [-0.4, -0.2) is 61.0 Å². The summed E-state index contributed by atoms with van der Waals surface area (Å²) in [7, 11) is 0. The maximum Gasteiger partial charge on any atom is 0.325 e. The largest absolute Gasteiger partial charge is 0.369 e. The molecule has 0 spiro atoms. The van der Waals surface area contributed by atoms with Crippen LogP contribution in [0.5, 0.6) is 0 Å². The molecular formula is C28H30N4O2. The Morgan fingerprint density at radius 2 is 1.21 bits per heavy atom. The molecule has 3 amide bonds. The van der Waals surface area contributed by atoms with Gasteiger partial charge in [0.1, 0.15) is 0 Å². The highest BCUT2D eigenvalue weighted by molar-refractivity contribution is 6.09. The number of benzene rings is 3. The van der Waals surface area contributed by atoms with E-state index in [-0.39, 0.29) is 11.9 Å². The molecule has 1 N–H and O–H groups in total. The number of rotatable bonds is 7. The van der Waals surface area contributed by atoms with Crippen molar-refractivity contribution in [2.45, 2.75) is 12.0 Å². The first-order valence-corrected chi connectivity index (χ1v) is 12.0. The van der Waals surface area contributed by atoms with Crippen LogP contribution >= 0.6 is 0 Å². The summed E-state index contributed by atoms with van der Waals surface area (Å²) in [5.41, 5.74) is 1.64. The van der Waals surface area contributed by atoms with Crippen molar-refractivity contribution in [2.75, 3.05) is 44.2 Å². The molecule has 0 saturated carbocycles. The van der Waals surface area contributed by atoms with Crippen molar-refractivity contribution in [1.29, 1.82) is 0 Å². The molecule has 2 aliphatic rings. The molecule has 5 rings (SSSR count). The van der Waals surface area contributed by atoms with Crippen molar-refractivity contribution in [3.05, 3.63) is 102 Å². The van der Waals surface area contributed by atoms with Gasteiger partial charge in [-0.1, -0.05) is 78.9 Å².